The summed E-state index contributed by atoms with van der Waals surface area (Å²) in [6.07, 6.45) is 1.40. The molecule has 0 aliphatic heterocycles. The number of carbonyl (C=O) groups excluding carboxylic acids is 2. The Hall–Kier alpha value is -3.93. The molecule has 0 aliphatic rings. The number of likely N-dealkylation sites (N-methyl/N-ethyl adjacent to an activating group) is 1. The van der Waals surface area contributed by atoms with Crippen molar-refractivity contribution in [1.29, 1.82) is 0 Å². The average molecular weight is 441 g/mol. The van der Waals surface area contributed by atoms with Gasteiger partial charge in [-0.25, -0.2) is 4.98 Å². The van der Waals surface area contributed by atoms with Crippen LogP contribution < -0.4 is 5.32 Å². The fourth-order valence-corrected chi connectivity index (χ4v) is 3.83. The zero-order valence-corrected chi connectivity index (χ0v) is 18.8. The third kappa shape index (κ3) is 5.66. The lowest BCUT2D eigenvalue weighted by Gasteiger charge is -2.19. The molecule has 0 aliphatic carbocycles. The van der Waals surface area contributed by atoms with Crippen LogP contribution in [0.15, 0.2) is 84.9 Å². The Balaban J connectivity index is 1.41. The number of benzene rings is 3. The van der Waals surface area contributed by atoms with Crippen molar-refractivity contribution in [2.45, 2.75) is 25.9 Å². The molecule has 168 valence electrons. The van der Waals surface area contributed by atoms with E-state index in [2.05, 4.69) is 5.32 Å². The van der Waals surface area contributed by atoms with Gasteiger partial charge in [-0.05, 0) is 36.2 Å². The molecule has 6 nitrogen and oxygen atoms in total. The maximum Gasteiger partial charge on any atom is 0.251 e. The number of aryl methyl sites for hydroxylation is 1. The van der Waals surface area contributed by atoms with E-state index in [0.29, 0.717) is 25.1 Å². The Kier molecular flexibility index (Phi) is 7.15. The molecule has 0 unspecified atom stereocenters. The lowest BCUT2D eigenvalue weighted by Crippen LogP contribution is -2.30. The van der Waals surface area contributed by atoms with E-state index in [1.807, 2.05) is 84.4 Å². The fourth-order valence-electron chi connectivity index (χ4n) is 3.83. The van der Waals surface area contributed by atoms with E-state index in [9.17, 15) is 9.59 Å². The number of nitrogens with one attached hydrogen (secondary N) is 1. The summed E-state index contributed by atoms with van der Waals surface area (Å²) < 4.78 is 2.00. The van der Waals surface area contributed by atoms with Crippen LogP contribution in [-0.2, 0) is 24.3 Å². The van der Waals surface area contributed by atoms with Gasteiger partial charge >= 0.3 is 0 Å². The standard InChI is InChI=1S/C27H28N4O2/c1-30(19-21-11-4-2-5-12-21)26(32)20-31-24-16-9-8-15-23(24)29-25(31)17-10-18-28-27(33)22-13-6-3-7-14-22/h2-9,11-16H,10,17-20H2,1H3,(H,28,33). The summed E-state index contributed by atoms with van der Waals surface area (Å²) in [4.78, 5) is 31.8. The predicted molar refractivity (Wildman–Crippen MR) is 130 cm³/mol. The highest BCUT2D eigenvalue weighted by atomic mass is 16.2. The first-order valence-corrected chi connectivity index (χ1v) is 11.2. The monoisotopic (exact) mass is 440 g/mol. The van der Waals surface area contributed by atoms with Crippen LogP contribution in [0.5, 0.6) is 0 Å². The van der Waals surface area contributed by atoms with E-state index in [1.54, 1.807) is 17.0 Å². The molecule has 6 heteroatoms. The third-order valence-corrected chi connectivity index (χ3v) is 5.61. The SMILES string of the molecule is CN(Cc1ccccc1)C(=O)Cn1c(CCCNC(=O)c2ccccc2)nc2ccccc21. The van der Waals surface area contributed by atoms with Crippen molar-refractivity contribution in [3.8, 4) is 0 Å². The van der Waals surface area contributed by atoms with Crippen molar-refractivity contribution in [3.05, 3.63) is 102 Å². The van der Waals surface area contributed by atoms with Gasteiger partial charge in [0.15, 0.2) is 0 Å². The summed E-state index contributed by atoms with van der Waals surface area (Å²) in [6, 6.07) is 27.0. The molecule has 0 atom stereocenters. The first-order chi connectivity index (χ1) is 16.1. The number of rotatable bonds is 9. The number of amides is 2. The summed E-state index contributed by atoms with van der Waals surface area (Å²) in [7, 11) is 1.83. The molecular formula is C27H28N4O2. The molecule has 33 heavy (non-hydrogen) atoms. The van der Waals surface area contributed by atoms with E-state index in [1.165, 1.54) is 0 Å². The van der Waals surface area contributed by atoms with Crippen LogP contribution in [0.2, 0.25) is 0 Å². The fraction of sp³-hybridized carbons (Fsp3) is 0.222. The molecule has 0 spiro atoms. The first-order valence-electron chi connectivity index (χ1n) is 11.2. The van der Waals surface area contributed by atoms with E-state index >= 15 is 0 Å². The average Bonchev–Trinajstić information content (AvgIpc) is 3.20. The molecule has 1 heterocycles. The van der Waals surface area contributed by atoms with Gasteiger partial charge in [0.25, 0.3) is 5.91 Å². The van der Waals surface area contributed by atoms with Gasteiger partial charge in [-0.3, -0.25) is 9.59 Å². The Morgan fingerprint density at radius 3 is 2.33 bits per heavy atom. The highest BCUT2D eigenvalue weighted by molar-refractivity contribution is 5.94. The maximum absolute atomic E-state index is 13.0. The molecule has 4 aromatic rings. The van der Waals surface area contributed by atoms with E-state index in [-0.39, 0.29) is 18.4 Å². The minimum atomic E-state index is -0.0817. The second-order valence-corrected chi connectivity index (χ2v) is 8.06. The highest BCUT2D eigenvalue weighted by Gasteiger charge is 2.16. The molecule has 0 fully saturated rings. The molecule has 0 saturated carbocycles. The van der Waals surface area contributed by atoms with Crippen LogP contribution in [-0.4, -0.2) is 39.9 Å². The molecule has 1 N–H and O–H groups in total. The van der Waals surface area contributed by atoms with Crippen molar-refractivity contribution in [2.75, 3.05) is 13.6 Å². The number of para-hydroxylation sites is 2. The van der Waals surface area contributed by atoms with E-state index in [0.717, 1.165) is 28.8 Å². The first kappa shape index (κ1) is 22.3. The number of hydrogen-bond donors (Lipinski definition) is 1. The second-order valence-electron chi connectivity index (χ2n) is 8.06. The van der Waals surface area contributed by atoms with Crippen LogP contribution in [0.25, 0.3) is 11.0 Å². The van der Waals surface area contributed by atoms with Crippen molar-refractivity contribution >= 4 is 22.8 Å². The molecule has 4 rings (SSSR count). The van der Waals surface area contributed by atoms with Crippen LogP contribution in [0.3, 0.4) is 0 Å². The Morgan fingerprint density at radius 1 is 0.909 bits per heavy atom. The van der Waals surface area contributed by atoms with Crippen molar-refractivity contribution in [3.63, 3.8) is 0 Å². The molecule has 0 bridgehead atoms. The molecular weight excluding hydrogens is 412 g/mol. The Morgan fingerprint density at radius 2 is 1.58 bits per heavy atom. The molecule has 0 saturated heterocycles. The zero-order valence-electron chi connectivity index (χ0n) is 18.8. The number of imidazole rings is 1. The lowest BCUT2D eigenvalue weighted by molar-refractivity contribution is -0.131. The topological polar surface area (TPSA) is 67.2 Å². The van der Waals surface area contributed by atoms with Gasteiger partial charge < -0.3 is 14.8 Å². The van der Waals surface area contributed by atoms with Crippen LogP contribution in [0, 0.1) is 0 Å². The number of carbonyl (C=O) groups is 2. The largest absolute Gasteiger partial charge is 0.352 e. The van der Waals surface area contributed by atoms with Gasteiger partial charge in [0.1, 0.15) is 12.4 Å². The minimum Gasteiger partial charge on any atom is -0.352 e. The quantitative estimate of drug-likeness (QED) is 0.399. The van der Waals surface area contributed by atoms with E-state index < -0.39 is 0 Å². The molecule has 2 amide bonds. The number of hydrogen-bond acceptors (Lipinski definition) is 3. The summed E-state index contributed by atoms with van der Waals surface area (Å²) in [5, 5.41) is 2.96. The maximum atomic E-state index is 13.0. The van der Waals surface area contributed by atoms with Crippen LogP contribution in [0.4, 0.5) is 0 Å². The number of fused-ring (bicyclic) bond motifs is 1. The number of aromatic nitrogens is 2. The zero-order chi connectivity index (χ0) is 23.0. The Labute approximate surface area is 193 Å². The molecule has 1 aromatic heterocycles. The number of nitrogens with zero attached hydrogens (tertiary/aromatic N) is 3. The predicted octanol–water partition coefficient (Wildman–Crippen LogP) is 4.06. The summed E-state index contributed by atoms with van der Waals surface area (Å²) >= 11 is 0. The van der Waals surface area contributed by atoms with Gasteiger partial charge in [-0.2, -0.15) is 0 Å². The minimum absolute atomic E-state index is 0.0284. The normalized spacial score (nSPS) is 10.8. The molecule has 0 radical (unpaired) electrons. The van der Waals surface area contributed by atoms with Gasteiger partial charge in [-0.15, -0.1) is 0 Å². The van der Waals surface area contributed by atoms with Crippen molar-refractivity contribution in [1.82, 2.24) is 19.8 Å². The van der Waals surface area contributed by atoms with Gasteiger partial charge in [0.05, 0.1) is 11.0 Å². The third-order valence-electron chi connectivity index (χ3n) is 5.61. The van der Waals surface area contributed by atoms with Crippen molar-refractivity contribution < 1.29 is 9.59 Å². The van der Waals surface area contributed by atoms with Gasteiger partial charge in [-0.1, -0.05) is 60.7 Å². The van der Waals surface area contributed by atoms with Crippen LogP contribution >= 0.6 is 0 Å². The lowest BCUT2D eigenvalue weighted by atomic mass is 10.2. The van der Waals surface area contributed by atoms with Gasteiger partial charge in [0.2, 0.25) is 5.91 Å². The van der Waals surface area contributed by atoms with Crippen molar-refractivity contribution in [2.24, 2.45) is 0 Å². The highest BCUT2D eigenvalue weighted by Crippen LogP contribution is 2.18. The van der Waals surface area contributed by atoms with E-state index in [4.69, 9.17) is 4.98 Å². The smallest absolute Gasteiger partial charge is 0.251 e. The summed E-state index contributed by atoms with van der Waals surface area (Å²) in [5.41, 5.74) is 3.57. The summed E-state index contributed by atoms with van der Waals surface area (Å²) in [5.74, 6) is 0.800. The van der Waals surface area contributed by atoms with Crippen LogP contribution in [0.1, 0.15) is 28.2 Å². The Bertz CT molecular complexity index is 1220. The molecule has 3 aromatic carbocycles. The second kappa shape index (κ2) is 10.6. The van der Waals surface area contributed by atoms with Gasteiger partial charge in [0, 0.05) is 32.1 Å². The summed E-state index contributed by atoms with van der Waals surface area (Å²) in [6.45, 7) is 1.33.